The Morgan fingerprint density at radius 1 is 1.35 bits per heavy atom. The minimum Gasteiger partial charge on any atom is -0.480 e. The molecule has 0 fully saturated rings. The zero-order valence-electron chi connectivity index (χ0n) is 8.83. The molecule has 92 valence electrons. The molecule has 0 saturated heterocycles. The SMILES string of the molecule is CC(NC(=O)Nc1cccc(Cl)c1Cl)C(=O)O. The maximum Gasteiger partial charge on any atom is 0.325 e. The monoisotopic (exact) mass is 276 g/mol. The first-order chi connectivity index (χ1) is 7.91. The van der Waals surface area contributed by atoms with Gasteiger partial charge in [0.25, 0.3) is 0 Å². The van der Waals surface area contributed by atoms with Crippen molar-refractivity contribution in [3.05, 3.63) is 28.2 Å². The number of hydrogen-bond donors (Lipinski definition) is 3. The molecule has 0 radical (unpaired) electrons. The lowest BCUT2D eigenvalue weighted by molar-refractivity contribution is -0.138. The third-order valence-electron chi connectivity index (χ3n) is 1.92. The summed E-state index contributed by atoms with van der Waals surface area (Å²) in [5.74, 6) is -1.13. The van der Waals surface area contributed by atoms with Crippen LogP contribution in [-0.4, -0.2) is 23.1 Å². The number of aliphatic carboxylic acids is 1. The fourth-order valence-electron chi connectivity index (χ4n) is 1.02. The molecular formula is C10H10Cl2N2O3. The van der Waals surface area contributed by atoms with Gasteiger partial charge in [-0.25, -0.2) is 4.79 Å². The van der Waals surface area contributed by atoms with E-state index in [2.05, 4.69) is 10.6 Å². The molecule has 2 amide bonds. The number of halogens is 2. The normalized spacial score (nSPS) is 11.7. The molecule has 0 spiro atoms. The molecule has 0 saturated carbocycles. The van der Waals surface area contributed by atoms with Gasteiger partial charge in [0.05, 0.1) is 15.7 Å². The van der Waals surface area contributed by atoms with Crippen molar-refractivity contribution in [2.24, 2.45) is 0 Å². The summed E-state index contributed by atoms with van der Waals surface area (Å²) in [5, 5.41) is 13.7. The van der Waals surface area contributed by atoms with Gasteiger partial charge in [-0.3, -0.25) is 4.79 Å². The van der Waals surface area contributed by atoms with E-state index in [1.807, 2.05) is 0 Å². The van der Waals surface area contributed by atoms with Crippen LogP contribution < -0.4 is 10.6 Å². The molecule has 1 aromatic rings. The van der Waals surface area contributed by atoms with Gasteiger partial charge >= 0.3 is 12.0 Å². The number of carbonyl (C=O) groups is 2. The van der Waals surface area contributed by atoms with Crippen LogP contribution >= 0.6 is 23.2 Å². The van der Waals surface area contributed by atoms with Crippen molar-refractivity contribution in [3.63, 3.8) is 0 Å². The summed E-state index contributed by atoms with van der Waals surface area (Å²) in [5.41, 5.74) is 0.314. The van der Waals surface area contributed by atoms with Crippen LogP contribution in [0.1, 0.15) is 6.92 Å². The number of urea groups is 1. The number of carboxylic acid groups (broad SMARTS) is 1. The van der Waals surface area contributed by atoms with Crippen LogP contribution in [0.3, 0.4) is 0 Å². The summed E-state index contributed by atoms with van der Waals surface area (Å²) in [6.07, 6.45) is 0. The van der Waals surface area contributed by atoms with E-state index in [0.717, 1.165) is 0 Å². The fourth-order valence-corrected chi connectivity index (χ4v) is 1.36. The average molecular weight is 277 g/mol. The number of amides is 2. The van der Waals surface area contributed by atoms with Gasteiger partial charge in [0.2, 0.25) is 0 Å². The van der Waals surface area contributed by atoms with Crippen LogP contribution in [-0.2, 0) is 4.79 Å². The summed E-state index contributed by atoms with van der Waals surface area (Å²) in [6.45, 7) is 1.35. The van der Waals surface area contributed by atoms with Gasteiger partial charge in [0.15, 0.2) is 0 Å². The summed E-state index contributed by atoms with van der Waals surface area (Å²) in [4.78, 5) is 21.9. The third kappa shape index (κ3) is 3.80. The van der Waals surface area contributed by atoms with E-state index in [1.54, 1.807) is 18.2 Å². The van der Waals surface area contributed by atoms with Crippen molar-refractivity contribution >= 4 is 40.9 Å². The Morgan fingerprint density at radius 2 is 2.00 bits per heavy atom. The lowest BCUT2D eigenvalue weighted by Crippen LogP contribution is -2.40. The van der Waals surface area contributed by atoms with E-state index >= 15 is 0 Å². The topological polar surface area (TPSA) is 78.4 Å². The molecule has 17 heavy (non-hydrogen) atoms. The smallest absolute Gasteiger partial charge is 0.325 e. The zero-order chi connectivity index (χ0) is 13.0. The highest BCUT2D eigenvalue weighted by Crippen LogP contribution is 2.29. The molecule has 0 bridgehead atoms. The molecule has 1 rings (SSSR count). The quantitative estimate of drug-likeness (QED) is 0.794. The fraction of sp³-hybridized carbons (Fsp3) is 0.200. The lowest BCUT2D eigenvalue weighted by atomic mass is 10.3. The highest BCUT2D eigenvalue weighted by molar-refractivity contribution is 6.43. The second kappa shape index (κ2) is 5.75. The molecule has 0 aliphatic carbocycles. The predicted octanol–water partition coefficient (Wildman–Crippen LogP) is 2.59. The molecule has 0 aromatic heterocycles. The molecule has 7 heteroatoms. The summed E-state index contributed by atoms with van der Waals surface area (Å²) < 4.78 is 0. The van der Waals surface area contributed by atoms with Crippen molar-refractivity contribution in [1.82, 2.24) is 5.32 Å². The largest absolute Gasteiger partial charge is 0.480 e. The van der Waals surface area contributed by atoms with Gasteiger partial charge in [0, 0.05) is 0 Å². The number of nitrogens with one attached hydrogen (secondary N) is 2. The second-order valence-electron chi connectivity index (χ2n) is 3.26. The molecule has 0 heterocycles. The Labute approximate surface area is 108 Å². The molecule has 1 atom stereocenters. The minimum absolute atomic E-state index is 0.201. The number of rotatable bonds is 3. The Hall–Kier alpha value is -1.46. The molecule has 1 aromatic carbocycles. The predicted molar refractivity (Wildman–Crippen MR) is 65.7 cm³/mol. The Balaban J connectivity index is 2.69. The standard InChI is InChI=1S/C10H10Cl2N2O3/c1-5(9(15)16)13-10(17)14-7-4-2-3-6(11)8(7)12/h2-5H,1H3,(H,15,16)(H2,13,14,17). The van der Waals surface area contributed by atoms with Crippen molar-refractivity contribution in [2.75, 3.05) is 5.32 Å². The van der Waals surface area contributed by atoms with Gasteiger partial charge in [-0.05, 0) is 19.1 Å². The van der Waals surface area contributed by atoms with E-state index in [0.29, 0.717) is 10.7 Å². The van der Waals surface area contributed by atoms with Crippen LogP contribution in [0.5, 0.6) is 0 Å². The number of hydrogen-bond acceptors (Lipinski definition) is 2. The van der Waals surface area contributed by atoms with E-state index < -0.39 is 18.0 Å². The maximum atomic E-state index is 11.4. The Bertz CT molecular complexity index is 451. The number of carboxylic acids is 1. The van der Waals surface area contributed by atoms with E-state index in [1.165, 1.54) is 6.92 Å². The van der Waals surface area contributed by atoms with Crippen molar-refractivity contribution in [2.45, 2.75) is 13.0 Å². The molecule has 0 aliphatic heterocycles. The van der Waals surface area contributed by atoms with Crippen LogP contribution in [0.4, 0.5) is 10.5 Å². The zero-order valence-corrected chi connectivity index (χ0v) is 10.3. The van der Waals surface area contributed by atoms with Gasteiger partial charge in [-0.15, -0.1) is 0 Å². The van der Waals surface area contributed by atoms with E-state index in [4.69, 9.17) is 28.3 Å². The van der Waals surface area contributed by atoms with Gasteiger partial charge in [0.1, 0.15) is 6.04 Å². The van der Waals surface area contributed by atoms with Crippen LogP contribution in [0.2, 0.25) is 10.0 Å². The number of carbonyl (C=O) groups excluding carboxylic acids is 1. The average Bonchev–Trinajstić information content (AvgIpc) is 2.24. The minimum atomic E-state index is -1.13. The molecular weight excluding hydrogens is 267 g/mol. The van der Waals surface area contributed by atoms with Gasteiger partial charge in [-0.2, -0.15) is 0 Å². The lowest BCUT2D eigenvalue weighted by Gasteiger charge is -2.12. The Kier molecular flexibility index (Phi) is 4.60. The first-order valence-corrected chi connectivity index (χ1v) is 5.41. The number of benzene rings is 1. The first-order valence-electron chi connectivity index (χ1n) is 4.66. The second-order valence-corrected chi connectivity index (χ2v) is 4.04. The molecule has 5 nitrogen and oxygen atoms in total. The first kappa shape index (κ1) is 13.6. The van der Waals surface area contributed by atoms with Crippen molar-refractivity contribution in [3.8, 4) is 0 Å². The molecule has 3 N–H and O–H groups in total. The van der Waals surface area contributed by atoms with Gasteiger partial charge in [-0.1, -0.05) is 29.3 Å². The summed E-state index contributed by atoms with van der Waals surface area (Å²) in [7, 11) is 0. The van der Waals surface area contributed by atoms with Crippen LogP contribution in [0, 0.1) is 0 Å². The summed E-state index contributed by atoms with van der Waals surface area (Å²) in [6, 6.07) is 3.09. The van der Waals surface area contributed by atoms with Gasteiger partial charge < -0.3 is 15.7 Å². The number of anilines is 1. The van der Waals surface area contributed by atoms with Crippen molar-refractivity contribution < 1.29 is 14.7 Å². The van der Waals surface area contributed by atoms with E-state index in [-0.39, 0.29) is 5.02 Å². The highest BCUT2D eigenvalue weighted by atomic mass is 35.5. The highest BCUT2D eigenvalue weighted by Gasteiger charge is 2.14. The van der Waals surface area contributed by atoms with Crippen LogP contribution in [0.25, 0.3) is 0 Å². The molecule has 0 aliphatic rings. The van der Waals surface area contributed by atoms with E-state index in [9.17, 15) is 9.59 Å². The van der Waals surface area contributed by atoms with Crippen LogP contribution in [0.15, 0.2) is 18.2 Å². The summed E-state index contributed by atoms with van der Waals surface area (Å²) >= 11 is 11.6. The molecule has 1 unspecified atom stereocenters. The van der Waals surface area contributed by atoms with Crippen molar-refractivity contribution in [1.29, 1.82) is 0 Å². The maximum absolute atomic E-state index is 11.4. The third-order valence-corrected chi connectivity index (χ3v) is 2.74. The Morgan fingerprint density at radius 3 is 2.59 bits per heavy atom.